The van der Waals surface area contributed by atoms with Gasteiger partial charge >= 0.3 is 0 Å². The molecule has 5 heterocycles. The topological polar surface area (TPSA) is 88.1 Å². The molecule has 0 amide bonds. The van der Waals surface area contributed by atoms with Crippen molar-refractivity contribution in [3.63, 3.8) is 0 Å². The second-order valence-electron chi connectivity index (χ2n) is 7.62. The first kappa shape index (κ1) is 17.6. The molecule has 0 atom stereocenters. The highest BCUT2D eigenvalue weighted by Gasteiger charge is 2.15. The van der Waals surface area contributed by atoms with E-state index in [1.165, 1.54) is 0 Å². The summed E-state index contributed by atoms with van der Waals surface area (Å²) in [6.45, 7) is 2.00. The number of pyridine rings is 2. The van der Waals surface area contributed by atoms with E-state index < -0.39 is 0 Å². The zero-order chi connectivity index (χ0) is 20.9. The number of benzene rings is 1. The van der Waals surface area contributed by atoms with Crippen LogP contribution in [0.2, 0.25) is 0 Å². The zero-order valence-corrected chi connectivity index (χ0v) is 17.1. The molecule has 0 saturated carbocycles. The van der Waals surface area contributed by atoms with Gasteiger partial charge in [0.25, 0.3) is 0 Å². The number of hydrogen-bond acceptors (Lipinski definition) is 4. The number of nitrogens with zero attached hydrogens (tertiary/aromatic N) is 5. The third kappa shape index (κ3) is 2.74. The number of aromatic nitrogens is 7. The van der Waals surface area contributed by atoms with Crippen molar-refractivity contribution < 1.29 is 0 Å². The van der Waals surface area contributed by atoms with Crippen LogP contribution in [0.15, 0.2) is 67.3 Å². The van der Waals surface area contributed by atoms with E-state index in [4.69, 9.17) is 0 Å². The van der Waals surface area contributed by atoms with Gasteiger partial charge in [0.2, 0.25) is 0 Å². The lowest BCUT2D eigenvalue weighted by Crippen LogP contribution is -1.94. The highest BCUT2D eigenvalue weighted by Crippen LogP contribution is 2.34. The minimum atomic E-state index is 0.832. The van der Waals surface area contributed by atoms with E-state index in [0.717, 1.165) is 61.5 Å². The minimum absolute atomic E-state index is 0.832. The van der Waals surface area contributed by atoms with Gasteiger partial charge in [-0.05, 0) is 54.4 Å². The van der Waals surface area contributed by atoms with Crippen molar-refractivity contribution in [3.8, 4) is 33.8 Å². The van der Waals surface area contributed by atoms with Crippen molar-refractivity contribution in [1.82, 2.24) is 34.7 Å². The summed E-state index contributed by atoms with van der Waals surface area (Å²) in [5.74, 6) is 0.979. The molecule has 5 aromatic heterocycles. The fraction of sp³-hybridized carbons (Fsp3) is 0.0833. The Hall–Kier alpha value is -4.26. The largest absolute Gasteiger partial charge is 0.338 e. The molecule has 0 aliphatic carbocycles. The van der Waals surface area contributed by atoms with Gasteiger partial charge in [0.15, 0.2) is 0 Å². The van der Waals surface area contributed by atoms with Gasteiger partial charge in [-0.1, -0.05) is 6.07 Å². The molecule has 7 heteroatoms. The van der Waals surface area contributed by atoms with E-state index in [-0.39, 0.29) is 0 Å². The third-order valence-corrected chi connectivity index (χ3v) is 5.86. The van der Waals surface area contributed by atoms with Crippen LogP contribution in [0.25, 0.3) is 55.7 Å². The Labute approximate surface area is 177 Å². The number of hydrogen-bond donors (Lipinski definition) is 2. The molecule has 2 N–H and O–H groups in total. The zero-order valence-electron chi connectivity index (χ0n) is 17.1. The van der Waals surface area contributed by atoms with Gasteiger partial charge in [0.1, 0.15) is 17.2 Å². The van der Waals surface area contributed by atoms with Crippen LogP contribution in [0.1, 0.15) is 5.82 Å². The smallest absolute Gasteiger partial charge is 0.138 e. The normalized spacial score (nSPS) is 11.5. The maximum absolute atomic E-state index is 4.61. The first-order valence-corrected chi connectivity index (χ1v) is 10.0. The number of imidazole rings is 1. The van der Waals surface area contributed by atoms with Crippen molar-refractivity contribution in [2.24, 2.45) is 7.05 Å². The Morgan fingerprint density at radius 3 is 2.55 bits per heavy atom. The molecule has 0 aliphatic heterocycles. The number of rotatable bonds is 3. The SMILES string of the molecule is Cc1ncc(-c2ccc3[nH]nc(-c4cc5c(-c6ccncc6)ccnc5[nH]4)c3c2)n1C. The van der Waals surface area contributed by atoms with Crippen molar-refractivity contribution in [2.75, 3.05) is 0 Å². The van der Waals surface area contributed by atoms with Crippen LogP contribution in [0.4, 0.5) is 0 Å². The maximum Gasteiger partial charge on any atom is 0.138 e. The van der Waals surface area contributed by atoms with E-state index in [1.54, 1.807) is 12.4 Å². The molecule has 150 valence electrons. The van der Waals surface area contributed by atoms with Gasteiger partial charge in [0, 0.05) is 42.0 Å². The van der Waals surface area contributed by atoms with Crippen LogP contribution in [0.3, 0.4) is 0 Å². The Kier molecular flexibility index (Phi) is 3.76. The molecule has 6 aromatic rings. The monoisotopic (exact) mass is 405 g/mol. The minimum Gasteiger partial charge on any atom is -0.338 e. The Balaban J connectivity index is 1.52. The van der Waals surface area contributed by atoms with E-state index in [0.29, 0.717) is 0 Å². The van der Waals surface area contributed by atoms with Gasteiger partial charge in [-0.3, -0.25) is 10.1 Å². The molecule has 0 spiro atoms. The number of aromatic amines is 2. The third-order valence-electron chi connectivity index (χ3n) is 5.86. The molecule has 0 unspecified atom stereocenters. The molecular formula is C24H19N7. The lowest BCUT2D eigenvalue weighted by Gasteiger charge is -2.04. The fourth-order valence-electron chi connectivity index (χ4n) is 4.09. The predicted octanol–water partition coefficient (Wildman–Crippen LogP) is 4.88. The first-order valence-electron chi connectivity index (χ1n) is 10.0. The van der Waals surface area contributed by atoms with Crippen LogP contribution in [0.5, 0.6) is 0 Å². The molecule has 7 nitrogen and oxygen atoms in total. The van der Waals surface area contributed by atoms with Crippen LogP contribution in [0, 0.1) is 6.92 Å². The lowest BCUT2D eigenvalue weighted by atomic mass is 10.0. The summed E-state index contributed by atoms with van der Waals surface area (Å²) in [5, 5.41) is 9.87. The Bertz CT molecular complexity index is 1550. The van der Waals surface area contributed by atoms with Crippen molar-refractivity contribution in [3.05, 3.63) is 73.1 Å². The second-order valence-corrected chi connectivity index (χ2v) is 7.62. The predicted molar refractivity (Wildman–Crippen MR) is 121 cm³/mol. The average molecular weight is 405 g/mol. The maximum atomic E-state index is 4.61. The number of aryl methyl sites for hydroxylation is 1. The number of fused-ring (bicyclic) bond motifs is 2. The first-order chi connectivity index (χ1) is 15.2. The molecule has 0 saturated heterocycles. The van der Waals surface area contributed by atoms with E-state index in [1.807, 2.05) is 44.6 Å². The van der Waals surface area contributed by atoms with Gasteiger partial charge < -0.3 is 9.55 Å². The highest BCUT2D eigenvalue weighted by molar-refractivity contribution is 6.00. The van der Waals surface area contributed by atoms with Crippen molar-refractivity contribution >= 4 is 21.9 Å². The molecule has 0 aliphatic rings. The quantitative estimate of drug-likeness (QED) is 0.439. The molecule has 0 fully saturated rings. The lowest BCUT2D eigenvalue weighted by molar-refractivity contribution is 0.865. The van der Waals surface area contributed by atoms with Crippen LogP contribution >= 0.6 is 0 Å². The fourth-order valence-corrected chi connectivity index (χ4v) is 4.09. The summed E-state index contributed by atoms with van der Waals surface area (Å²) in [5.41, 5.74) is 8.00. The van der Waals surface area contributed by atoms with E-state index in [9.17, 15) is 0 Å². The standard InChI is InChI=1S/C24H19N7/c1-14-27-13-22(31(14)2)16-3-4-20-19(11-16)23(30-29-20)21-12-18-17(7-10-26-24(18)28-21)15-5-8-25-9-6-15/h3-13H,1-2H3,(H,26,28)(H,29,30). The summed E-state index contributed by atoms with van der Waals surface area (Å²) >= 11 is 0. The number of nitrogens with one attached hydrogen (secondary N) is 2. The molecule has 31 heavy (non-hydrogen) atoms. The number of H-pyrrole nitrogens is 2. The van der Waals surface area contributed by atoms with Crippen LogP contribution in [-0.4, -0.2) is 34.7 Å². The molecule has 6 rings (SSSR count). The summed E-state index contributed by atoms with van der Waals surface area (Å²) in [6.07, 6.45) is 7.34. The van der Waals surface area contributed by atoms with Gasteiger partial charge in [-0.2, -0.15) is 5.10 Å². The second kappa shape index (κ2) is 6.63. The van der Waals surface area contributed by atoms with E-state index in [2.05, 4.69) is 59.0 Å². The Morgan fingerprint density at radius 2 is 1.74 bits per heavy atom. The molecule has 0 radical (unpaired) electrons. The summed E-state index contributed by atoms with van der Waals surface area (Å²) in [4.78, 5) is 16.5. The van der Waals surface area contributed by atoms with E-state index >= 15 is 0 Å². The summed E-state index contributed by atoms with van der Waals surface area (Å²) < 4.78 is 2.09. The van der Waals surface area contributed by atoms with Crippen LogP contribution in [-0.2, 0) is 7.05 Å². The summed E-state index contributed by atoms with van der Waals surface area (Å²) in [7, 11) is 2.03. The van der Waals surface area contributed by atoms with Gasteiger partial charge in [-0.25, -0.2) is 9.97 Å². The van der Waals surface area contributed by atoms with Gasteiger partial charge in [-0.15, -0.1) is 0 Å². The van der Waals surface area contributed by atoms with Crippen LogP contribution < -0.4 is 0 Å². The molecular weight excluding hydrogens is 386 g/mol. The highest BCUT2D eigenvalue weighted by atomic mass is 15.1. The average Bonchev–Trinajstić information content (AvgIpc) is 3.50. The molecule has 0 bridgehead atoms. The summed E-state index contributed by atoms with van der Waals surface area (Å²) in [6, 6.07) is 14.5. The van der Waals surface area contributed by atoms with Crippen molar-refractivity contribution in [1.29, 1.82) is 0 Å². The van der Waals surface area contributed by atoms with Gasteiger partial charge in [0.05, 0.1) is 23.1 Å². The van der Waals surface area contributed by atoms with Crippen molar-refractivity contribution in [2.45, 2.75) is 6.92 Å². The Morgan fingerprint density at radius 1 is 0.871 bits per heavy atom. The molecule has 1 aromatic carbocycles.